The summed E-state index contributed by atoms with van der Waals surface area (Å²) < 4.78 is 0. The third kappa shape index (κ3) is 7.38. The Morgan fingerprint density at radius 2 is 1.70 bits per heavy atom. The molecule has 30 heavy (non-hydrogen) atoms. The number of amides is 2. The van der Waals surface area contributed by atoms with E-state index in [1.807, 2.05) is 38.1 Å². The molecule has 2 aromatic carbocycles. The Kier molecular flexibility index (Phi) is 10.3. The van der Waals surface area contributed by atoms with Crippen LogP contribution in [0.2, 0.25) is 15.1 Å². The van der Waals surface area contributed by atoms with Crippen molar-refractivity contribution in [2.75, 3.05) is 12.3 Å². The Hall–Kier alpha value is -1.40. The highest BCUT2D eigenvalue weighted by Gasteiger charge is 2.28. The molecular formula is C22H25Cl3N2O2S. The van der Waals surface area contributed by atoms with E-state index in [1.54, 1.807) is 23.1 Å². The molecule has 0 bridgehead atoms. The van der Waals surface area contributed by atoms with Gasteiger partial charge in [-0.25, -0.2) is 0 Å². The van der Waals surface area contributed by atoms with Crippen LogP contribution in [-0.4, -0.2) is 35.1 Å². The minimum Gasteiger partial charge on any atom is -0.355 e. The van der Waals surface area contributed by atoms with Crippen molar-refractivity contribution in [1.82, 2.24) is 10.2 Å². The highest BCUT2D eigenvalue weighted by Crippen LogP contribution is 2.24. The van der Waals surface area contributed by atoms with E-state index in [9.17, 15) is 9.59 Å². The number of likely N-dealkylation sites (N-methyl/N-ethyl adjacent to an activating group) is 1. The fraction of sp³-hybridized carbons (Fsp3) is 0.364. The van der Waals surface area contributed by atoms with Crippen molar-refractivity contribution in [2.24, 2.45) is 0 Å². The summed E-state index contributed by atoms with van der Waals surface area (Å²) >= 11 is 19.7. The number of nitrogens with one attached hydrogen (secondary N) is 1. The van der Waals surface area contributed by atoms with Crippen LogP contribution < -0.4 is 5.32 Å². The van der Waals surface area contributed by atoms with E-state index in [0.29, 0.717) is 33.8 Å². The number of benzene rings is 2. The van der Waals surface area contributed by atoms with Gasteiger partial charge in [0.15, 0.2) is 0 Å². The molecule has 0 aliphatic rings. The lowest BCUT2D eigenvalue weighted by Crippen LogP contribution is -2.49. The molecule has 0 heterocycles. The first-order valence-corrected chi connectivity index (χ1v) is 12.0. The molecule has 162 valence electrons. The molecule has 0 saturated heterocycles. The summed E-state index contributed by atoms with van der Waals surface area (Å²) in [5.41, 5.74) is 1.83. The van der Waals surface area contributed by atoms with Gasteiger partial charge >= 0.3 is 0 Å². The van der Waals surface area contributed by atoms with Crippen molar-refractivity contribution in [2.45, 2.75) is 38.6 Å². The Balaban J connectivity index is 2.14. The Bertz CT molecular complexity index is 862. The molecular weight excluding hydrogens is 463 g/mol. The number of halogens is 3. The highest BCUT2D eigenvalue weighted by atomic mass is 35.5. The average molecular weight is 488 g/mol. The standard InChI is InChI=1S/C22H25Cl3N2O2S/c1-3-20(22(29)26-4-2)27(12-16-7-10-18(24)11-19(16)25)21(28)14-30-13-15-5-8-17(23)9-6-15/h5-11,20H,3-4,12-14H2,1-2H3,(H,26,29)/t20-/m1/s1. The van der Waals surface area contributed by atoms with Crippen molar-refractivity contribution in [1.29, 1.82) is 0 Å². The fourth-order valence-electron chi connectivity index (χ4n) is 2.96. The first-order chi connectivity index (χ1) is 14.3. The second kappa shape index (κ2) is 12.5. The van der Waals surface area contributed by atoms with Crippen molar-refractivity contribution in [3.63, 3.8) is 0 Å². The van der Waals surface area contributed by atoms with Crippen molar-refractivity contribution in [3.8, 4) is 0 Å². The molecule has 0 aliphatic carbocycles. The normalized spacial score (nSPS) is 11.8. The maximum absolute atomic E-state index is 13.1. The molecule has 1 N–H and O–H groups in total. The minimum atomic E-state index is -0.569. The zero-order valence-electron chi connectivity index (χ0n) is 17.0. The Morgan fingerprint density at radius 3 is 2.30 bits per heavy atom. The van der Waals surface area contributed by atoms with Crippen molar-refractivity contribution >= 4 is 58.4 Å². The Morgan fingerprint density at radius 1 is 1.03 bits per heavy atom. The molecule has 8 heteroatoms. The molecule has 2 amide bonds. The molecule has 0 spiro atoms. The zero-order valence-corrected chi connectivity index (χ0v) is 20.0. The van der Waals surface area contributed by atoms with Gasteiger partial charge in [0.25, 0.3) is 0 Å². The van der Waals surface area contributed by atoms with Crippen LogP contribution >= 0.6 is 46.6 Å². The van der Waals surface area contributed by atoms with Gasteiger partial charge in [0.1, 0.15) is 6.04 Å². The fourth-order valence-corrected chi connectivity index (χ4v) is 4.43. The topological polar surface area (TPSA) is 49.4 Å². The van der Waals surface area contributed by atoms with Gasteiger partial charge < -0.3 is 10.2 Å². The average Bonchev–Trinajstić information content (AvgIpc) is 2.71. The number of carbonyl (C=O) groups is 2. The van der Waals surface area contributed by atoms with Crippen LogP contribution in [0.1, 0.15) is 31.4 Å². The summed E-state index contributed by atoms with van der Waals surface area (Å²) in [5, 5.41) is 4.50. The lowest BCUT2D eigenvalue weighted by atomic mass is 10.1. The van der Waals surface area contributed by atoms with Gasteiger partial charge in [0, 0.05) is 33.9 Å². The Labute approximate surface area is 197 Å². The number of carbonyl (C=O) groups excluding carboxylic acids is 2. The molecule has 0 saturated carbocycles. The molecule has 0 unspecified atom stereocenters. The zero-order chi connectivity index (χ0) is 22.1. The predicted molar refractivity (Wildman–Crippen MR) is 127 cm³/mol. The molecule has 2 rings (SSSR count). The second-order valence-electron chi connectivity index (χ2n) is 6.70. The van der Waals surface area contributed by atoms with E-state index in [-0.39, 0.29) is 24.1 Å². The first-order valence-electron chi connectivity index (χ1n) is 9.69. The molecule has 2 aromatic rings. The molecule has 0 aliphatic heterocycles. The summed E-state index contributed by atoms with van der Waals surface area (Å²) in [5.74, 6) is 0.652. The molecule has 4 nitrogen and oxygen atoms in total. The summed E-state index contributed by atoms with van der Waals surface area (Å²) in [6, 6.07) is 12.1. The van der Waals surface area contributed by atoms with Crippen molar-refractivity contribution in [3.05, 3.63) is 68.7 Å². The summed E-state index contributed by atoms with van der Waals surface area (Å²) in [4.78, 5) is 27.3. The molecule has 1 atom stereocenters. The highest BCUT2D eigenvalue weighted by molar-refractivity contribution is 7.99. The van der Waals surface area contributed by atoms with Gasteiger partial charge in [-0.1, -0.05) is 59.9 Å². The third-order valence-electron chi connectivity index (χ3n) is 4.50. The number of nitrogens with zero attached hydrogens (tertiary/aromatic N) is 1. The van der Waals surface area contributed by atoms with Gasteiger partial charge in [-0.15, -0.1) is 11.8 Å². The first kappa shape index (κ1) is 24.9. The third-order valence-corrected chi connectivity index (χ3v) is 6.33. The van der Waals surface area contributed by atoms with Crippen LogP contribution in [0.5, 0.6) is 0 Å². The van der Waals surface area contributed by atoms with Crippen molar-refractivity contribution < 1.29 is 9.59 Å². The van der Waals surface area contributed by atoms with E-state index < -0.39 is 6.04 Å². The van der Waals surface area contributed by atoms with Crippen LogP contribution in [0.4, 0.5) is 0 Å². The molecule has 0 radical (unpaired) electrons. The maximum atomic E-state index is 13.1. The van der Waals surface area contributed by atoms with Gasteiger partial charge in [-0.2, -0.15) is 0 Å². The number of hydrogen-bond donors (Lipinski definition) is 1. The van der Waals surface area contributed by atoms with Gasteiger partial charge in [-0.05, 0) is 48.7 Å². The van der Waals surface area contributed by atoms with E-state index in [4.69, 9.17) is 34.8 Å². The lowest BCUT2D eigenvalue weighted by molar-refractivity contribution is -0.139. The summed E-state index contributed by atoms with van der Waals surface area (Å²) in [6.45, 7) is 4.50. The van der Waals surface area contributed by atoms with Gasteiger partial charge in [0.05, 0.1) is 5.75 Å². The predicted octanol–water partition coefficient (Wildman–Crippen LogP) is 5.82. The van der Waals surface area contributed by atoms with Crippen LogP contribution in [-0.2, 0) is 21.9 Å². The van der Waals surface area contributed by atoms with Crippen LogP contribution in [0.25, 0.3) is 0 Å². The van der Waals surface area contributed by atoms with Gasteiger partial charge in [0.2, 0.25) is 11.8 Å². The summed E-state index contributed by atoms with van der Waals surface area (Å²) in [6.07, 6.45) is 0.505. The minimum absolute atomic E-state index is 0.113. The SMILES string of the molecule is CCNC(=O)[C@@H](CC)N(Cc1ccc(Cl)cc1Cl)C(=O)CSCc1ccc(Cl)cc1. The molecule has 0 fully saturated rings. The second-order valence-corrected chi connectivity index (χ2v) is 8.96. The number of rotatable bonds is 10. The summed E-state index contributed by atoms with van der Waals surface area (Å²) in [7, 11) is 0. The smallest absolute Gasteiger partial charge is 0.242 e. The van der Waals surface area contributed by atoms with Gasteiger partial charge in [-0.3, -0.25) is 9.59 Å². The largest absolute Gasteiger partial charge is 0.355 e. The van der Waals surface area contributed by atoms with E-state index in [1.165, 1.54) is 11.8 Å². The number of hydrogen-bond acceptors (Lipinski definition) is 3. The van der Waals surface area contributed by atoms with E-state index >= 15 is 0 Å². The number of thioether (sulfide) groups is 1. The lowest BCUT2D eigenvalue weighted by Gasteiger charge is -2.30. The van der Waals surface area contributed by atoms with Crippen LogP contribution in [0, 0.1) is 0 Å². The maximum Gasteiger partial charge on any atom is 0.242 e. The van der Waals surface area contributed by atoms with E-state index in [2.05, 4.69) is 5.32 Å². The molecule has 0 aromatic heterocycles. The quantitative estimate of drug-likeness (QED) is 0.459. The monoisotopic (exact) mass is 486 g/mol. The van der Waals surface area contributed by atoms with Crippen LogP contribution in [0.3, 0.4) is 0 Å². The van der Waals surface area contributed by atoms with Crippen LogP contribution in [0.15, 0.2) is 42.5 Å². The van der Waals surface area contributed by atoms with E-state index in [0.717, 1.165) is 11.1 Å².